The molecule has 1 N–H and O–H groups in total. The van der Waals surface area contributed by atoms with Gasteiger partial charge in [0.15, 0.2) is 0 Å². The fourth-order valence-corrected chi connectivity index (χ4v) is 2.54. The zero-order valence-corrected chi connectivity index (χ0v) is 14.6. The van der Waals surface area contributed by atoms with Crippen LogP contribution in [0.5, 0.6) is 0 Å². The van der Waals surface area contributed by atoms with Crippen molar-refractivity contribution < 1.29 is 0 Å². The molecule has 0 amide bonds. The van der Waals surface area contributed by atoms with Crippen LogP contribution in [0.1, 0.15) is 37.8 Å². The second-order valence-corrected chi connectivity index (χ2v) is 6.09. The Morgan fingerprint density at radius 1 is 1.00 bits per heavy atom. The van der Waals surface area contributed by atoms with Crippen LogP contribution >= 0.6 is 0 Å². The summed E-state index contributed by atoms with van der Waals surface area (Å²) in [5, 5.41) is 3.47. The van der Waals surface area contributed by atoms with E-state index in [1.54, 1.807) is 0 Å². The van der Waals surface area contributed by atoms with Crippen molar-refractivity contribution in [1.29, 1.82) is 0 Å². The van der Waals surface area contributed by atoms with Gasteiger partial charge < -0.3 is 15.1 Å². The minimum Gasteiger partial charge on any atom is -0.370 e. The monoisotopic (exact) mass is 291 g/mol. The number of anilines is 1. The Morgan fingerprint density at radius 3 is 2.33 bits per heavy atom. The third kappa shape index (κ3) is 6.49. The lowest BCUT2D eigenvalue weighted by Gasteiger charge is -2.28. The molecule has 3 nitrogen and oxygen atoms in total. The van der Waals surface area contributed by atoms with Gasteiger partial charge in [0, 0.05) is 31.9 Å². The van der Waals surface area contributed by atoms with Crippen LogP contribution < -0.4 is 10.2 Å². The molecule has 1 aromatic rings. The molecule has 0 heterocycles. The first-order valence-electron chi connectivity index (χ1n) is 8.28. The summed E-state index contributed by atoms with van der Waals surface area (Å²) in [6, 6.07) is 6.89. The maximum absolute atomic E-state index is 3.47. The van der Waals surface area contributed by atoms with Crippen LogP contribution in [-0.4, -0.2) is 45.2 Å². The van der Waals surface area contributed by atoms with Crippen LogP contribution in [0, 0.1) is 6.92 Å². The molecule has 1 rings (SSSR count). The lowest BCUT2D eigenvalue weighted by molar-refractivity contribution is 0.413. The summed E-state index contributed by atoms with van der Waals surface area (Å²) in [6.45, 7) is 12.1. The van der Waals surface area contributed by atoms with Crippen molar-refractivity contribution in [2.45, 2.75) is 40.2 Å². The smallest absolute Gasteiger partial charge is 0.0396 e. The van der Waals surface area contributed by atoms with Gasteiger partial charge >= 0.3 is 0 Å². The maximum Gasteiger partial charge on any atom is 0.0396 e. The predicted molar refractivity (Wildman–Crippen MR) is 94.2 cm³/mol. The number of hydrogen-bond donors (Lipinski definition) is 1. The molecule has 0 atom stereocenters. The van der Waals surface area contributed by atoms with Gasteiger partial charge in [-0.15, -0.1) is 0 Å². The molecule has 0 aliphatic carbocycles. The SMILES string of the molecule is CCCNCc1ccc(N(CCC)CCN(C)C)c(C)c1. The molecule has 21 heavy (non-hydrogen) atoms. The van der Waals surface area contributed by atoms with Crippen molar-refractivity contribution in [3.05, 3.63) is 29.3 Å². The molecule has 0 bridgehead atoms. The average molecular weight is 291 g/mol. The summed E-state index contributed by atoms with van der Waals surface area (Å²) in [7, 11) is 4.28. The molecule has 0 radical (unpaired) electrons. The van der Waals surface area contributed by atoms with E-state index in [1.807, 2.05) is 0 Å². The molecule has 0 unspecified atom stereocenters. The van der Waals surface area contributed by atoms with Crippen molar-refractivity contribution in [3.8, 4) is 0 Å². The summed E-state index contributed by atoms with van der Waals surface area (Å²) < 4.78 is 0. The highest BCUT2D eigenvalue weighted by atomic mass is 15.2. The Labute approximate surface area is 131 Å². The van der Waals surface area contributed by atoms with Gasteiger partial charge in [0.2, 0.25) is 0 Å². The summed E-state index contributed by atoms with van der Waals surface area (Å²) in [5.74, 6) is 0. The van der Waals surface area contributed by atoms with E-state index in [9.17, 15) is 0 Å². The van der Waals surface area contributed by atoms with Crippen LogP contribution in [0.2, 0.25) is 0 Å². The zero-order chi connectivity index (χ0) is 15.7. The summed E-state index contributed by atoms with van der Waals surface area (Å²) in [5.41, 5.74) is 4.16. The molecular weight excluding hydrogens is 258 g/mol. The average Bonchev–Trinajstić information content (AvgIpc) is 2.44. The zero-order valence-electron chi connectivity index (χ0n) is 14.6. The fraction of sp³-hybridized carbons (Fsp3) is 0.667. The molecule has 120 valence electrons. The van der Waals surface area contributed by atoms with Crippen molar-refractivity contribution in [3.63, 3.8) is 0 Å². The standard InChI is InChI=1S/C18H33N3/c1-6-10-19-15-17-8-9-18(16(3)14-17)21(11-7-2)13-12-20(4)5/h8-9,14,19H,6-7,10-13,15H2,1-5H3. The van der Waals surface area contributed by atoms with E-state index in [0.717, 1.165) is 32.7 Å². The van der Waals surface area contributed by atoms with Gasteiger partial charge in [0.25, 0.3) is 0 Å². The molecule has 0 aliphatic heterocycles. The first-order valence-corrected chi connectivity index (χ1v) is 8.28. The predicted octanol–water partition coefficient (Wildman–Crippen LogP) is 3.27. The number of rotatable bonds is 10. The van der Waals surface area contributed by atoms with Crippen LogP contribution in [0.3, 0.4) is 0 Å². The molecule has 0 saturated carbocycles. The highest BCUT2D eigenvalue weighted by molar-refractivity contribution is 5.54. The Bertz CT molecular complexity index is 401. The number of aryl methyl sites for hydroxylation is 1. The van der Waals surface area contributed by atoms with Gasteiger partial charge in [-0.05, 0) is 57.6 Å². The molecular formula is C18H33N3. The molecule has 1 aromatic carbocycles. The van der Waals surface area contributed by atoms with Gasteiger partial charge in [0.05, 0.1) is 0 Å². The van der Waals surface area contributed by atoms with Gasteiger partial charge in [-0.3, -0.25) is 0 Å². The number of nitrogens with one attached hydrogen (secondary N) is 1. The second-order valence-electron chi connectivity index (χ2n) is 6.09. The van der Waals surface area contributed by atoms with E-state index < -0.39 is 0 Å². The lowest BCUT2D eigenvalue weighted by Crippen LogP contribution is -2.32. The van der Waals surface area contributed by atoms with Crippen molar-refractivity contribution in [1.82, 2.24) is 10.2 Å². The summed E-state index contributed by atoms with van der Waals surface area (Å²) in [4.78, 5) is 4.76. The number of likely N-dealkylation sites (N-methyl/N-ethyl adjacent to an activating group) is 1. The quantitative estimate of drug-likeness (QED) is 0.668. The molecule has 0 saturated heterocycles. The minimum absolute atomic E-state index is 0.973. The Kier molecular flexibility index (Phi) is 8.40. The first-order chi connectivity index (χ1) is 10.1. The fourth-order valence-electron chi connectivity index (χ4n) is 2.54. The van der Waals surface area contributed by atoms with E-state index in [0.29, 0.717) is 0 Å². The van der Waals surface area contributed by atoms with Gasteiger partial charge in [-0.25, -0.2) is 0 Å². The Hall–Kier alpha value is -1.06. The van der Waals surface area contributed by atoms with Crippen molar-refractivity contribution in [2.75, 3.05) is 45.2 Å². The summed E-state index contributed by atoms with van der Waals surface area (Å²) in [6.07, 6.45) is 2.37. The van der Waals surface area contributed by atoms with E-state index in [-0.39, 0.29) is 0 Å². The van der Waals surface area contributed by atoms with E-state index in [2.05, 4.69) is 68.2 Å². The van der Waals surface area contributed by atoms with Crippen LogP contribution in [-0.2, 0) is 6.54 Å². The third-order valence-electron chi connectivity index (χ3n) is 3.67. The normalized spacial score (nSPS) is 11.1. The van der Waals surface area contributed by atoms with E-state index in [1.165, 1.54) is 29.7 Å². The molecule has 0 spiro atoms. The Morgan fingerprint density at radius 2 is 1.76 bits per heavy atom. The third-order valence-corrected chi connectivity index (χ3v) is 3.67. The highest BCUT2D eigenvalue weighted by Gasteiger charge is 2.09. The molecule has 0 fully saturated rings. The molecule has 3 heteroatoms. The minimum atomic E-state index is 0.973. The number of hydrogen-bond acceptors (Lipinski definition) is 3. The van der Waals surface area contributed by atoms with E-state index in [4.69, 9.17) is 0 Å². The molecule has 0 aromatic heterocycles. The number of nitrogens with zero attached hydrogens (tertiary/aromatic N) is 2. The van der Waals surface area contributed by atoms with Crippen LogP contribution in [0.25, 0.3) is 0 Å². The maximum atomic E-state index is 3.47. The van der Waals surface area contributed by atoms with Gasteiger partial charge in [0.1, 0.15) is 0 Å². The number of benzene rings is 1. The highest BCUT2D eigenvalue weighted by Crippen LogP contribution is 2.21. The molecule has 0 aliphatic rings. The lowest BCUT2D eigenvalue weighted by atomic mass is 10.1. The van der Waals surface area contributed by atoms with Crippen LogP contribution in [0.4, 0.5) is 5.69 Å². The van der Waals surface area contributed by atoms with E-state index >= 15 is 0 Å². The largest absolute Gasteiger partial charge is 0.370 e. The van der Waals surface area contributed by atoms with Crippen LogP contribution in [0.15, 0.2) is 18.2 Å². The topological polar surface area (TPSA) is 18.5 Å². The van der Waals surface area contributed by atoms with Crippen molar-refractivity contribution >= 4 is 5.69 Å². The van der Waals surface area contributed by atoms with Gasteiger partial charge in [-0.2, -0.15) is 0 Å². The second kappa shape index (κ2) is 9.80. The van der Waals surface area contributed by atoms with Crippen molar-refractivity contribution in [2.24, 2.45) is 0 Å². The first kappa shape index (κ1) is 18.0. The Balaban J connectivity index is 2.74. The van der Waals surface area contributed by atoms with Gasteiger partial charge in [-0.1, -0.05) is 26.0 Å². The summed E-state index contributed by atoms with van der Waals surface area (Å²) >= 11 is 0.